The number of nitrogens with one attached hydrogen (secondary N) is 1. The highest BCUT2D eigenvalue weighted by atomic mass is 79.9. The third kappa shape index (κ3) is 2.19. The number of carbonyl (C=O) groups is 1. The molecular weight excluding hydrogens is 381 g/mol. The molecule has 1 unspecified atom stereocenters. The van der Waals surface area contributed by atoms with E-state index in [4.69, 9.17) is 14.2 Å². The lowest BCUT2D eigenvalue weighted by molar-refractivity contribution is -0.134. The van der Waals surface area contributed by atoms with Gasteiger partial charge in [-0.2, -0.15) is 0 Å². The van der Waals surface area contributed by atoms with Crippen LogP contribution in [0.2, 0.25) is 0 Å². The van der Waals surface area contributed by atoms with Crippen molar-refractivity contribution in [3.63, 3.8) is 0 Å². The lowest BCUT2D eigenvalue weighted by Gasteiger charge is -2.42. The molecule has 2 aliphatic rings. The minimum absolute atomic E-state index is 0.0340. The smallest absolute Gasteiger partial charge is 0.247 e. The number of fused-ring (bicyclic) bond motifs is 4. The fourth-order valence-corrected chi connectivity index (χ4v) is 3.62. The van der Waals surface area contributed by atoms with Crippen LogP contribution < -0.4 is 14.8 Å². The van der Waals surface area contributed by atoms with Gasteiger partial charge >= 0.3 is 0 Å². The Kier molecular flexibility index (Phi) is 3.51. The van der Waals surface area contributed by atoms with Crippen molar-refractivity contribution in [1.82, 2.24) is 5.32 Å². The zero-order valence-electron chi connectivity index (χ0n) is 12.7. The van der Waals surface area contributed by atoms with Crippen molar-refractivity contribution in [1.29, 1.82) is 0 Å². The molecule has 1 fully saturated rings. The lowest BCUT2D eigenvalue weighted by Crippen LogP contribution is -2.56. The fourth-order valence-electron chi connectivity index (χ4n) is 3.19. The summed E-state index contributed by atoms with van der Waals surface area (Å²) in [5.74, 6) is 0.357. The second kappa shape index (κ2) is 5.46. The number of ether oxygens (including phenoxy) is 3. The number of halogens is 2. The van der Waals surface area contributed by atoms with Gasteiger partial charge in [-0.1, -0.05) is 15.9 Å². The van der Waals surface area contributed by atoms with Gasteiger partial charge in [-0.05, 0) is 30.3 Å². The maximum Gasteiger partial charge on any atom is 0.247 e. The highest BCUT2D eigenvalue weighted by Crippen LogP contribution is 2.50. The molecule has 4 rings (SSSR count). The number of rotatable bonds is 1. The number of benzene rings is 2. The van der Waals surface area contributed by atoms with E-state index in [1.807, 2.05) is 0 Å². The van der Waals surface area contributed by atoms with Gasteiger partial charge in [0, 0.05) is 15.6 Å². The first-order valence-electron chi connectivity index (χ1n) is 7.28. The summed E-state index contributed by atoms with van der Waals surface area (Å²) in [5.41, 5.74) is 0.139. The summed E-state index contributed by atoms with van der Waals surface area (Å²) in [6.45, 7) is 0.138. The Morgan fingerprint density at radius 2 is 2.12 bits per heavy atom. The quantitative estimate of drug-likeness (QED) is 0.808. The Hall–Kier alpha value is -2.12. The van der Waals surface area contributed by atoms with Gasteiger partial charge < -0.3 is 19.5 Å². The molecular formula is C17H13BrFNO4. The fraction of sp³-hybridized carbons (Fsp3) is 0.235. The molecule has 2 aliphatic heterocycles. The molecule has 1 N–H and O–H groups in total. The number of amides is 1. The predicted molar refractivity (Wildman–Crippen MR) is 86.9 cm³/mol. The summed E-state index contributed by atoms with van der Waals surface area (Å²) >= 11 is 3.30. The maximum atomic E-state index is 14.5. The highest BCUT2D eigenvalue weighted by molar-refractivity contribution is 9.10. The van der Waals surface area contributed by atoms with Crippen LogP contribution in [0.3, 0.4) is 0 Å². The molecule has 5 nitrogen and oxygen atoms in total. The molecule has 124 valence electrons. The molecule has 7 heteroatoms. The Balaban J connectivity index is 2.02. The van der Waals surface area contributed by atoms with Crippen LogP contribution in [-0.4, -0.2) is 26.2 Å². The largest absolute Gasteiger partial charge is 0.497 e. The van der Waals surface area contributed by atoms with Gasteiger partial charge in [-0.15, -0.1) is 0 Å². The van der Waals surface area contributed by atoms with Crippen LogP contribution >= 0.6 is 15.9 Å². The first kappa shape index (κ1) is 15.4. The van der Waals surface area contributed by atoms with Gasteiger partial charge in [0.15, 0.2) is 11.6 Å². The van der Waals surface area contributed by atoms with Crippen LogP contribution in [-0.2, 0) is 15.1 Å². The second-order valence-electron chi connectivity index (χ2n) is 5.67. The molecule has 0 bridgehead atoms. The number of morpholine rings is 1. The third-order valence-electron chi connectivity index (χ3n) is 4.23. The summed E-state index contributed by atoms with van der Waals surface area (Å²) in [7, 11) is 1.55. The summed E-state index contributed by atoms with van der Waals surface area (Å²) in [5, 5.41) is 2.96. The number of hydrogen-bond donors (Lipinski definition) is 1. The molecule has 24 heavy (non-hydrogen) atoms. The van der Waals surface area contributed by atoms with Crippen molar-refractivity contribution in [3.05, 3.63) is 51.7 Å². The Morgan fingerprint density at radius 1 is 1.29 bits per heavy atom. The van der Waals surface area contributed by atoms with Crippen LogP contribution in [0.15, 0.2) is 34.8 Å². The molecule has 2 aromatic rings. The van der Waals surface area contributed by atoms with E-state index in [1.165, 1.54) is 6.07 Å². The molecule has 0 aromatic heterocycles. The van der Waals surface area contributed by atoms with E-state index in [0.29, 0.717) is 27.1 Å². The van der Waals surface area contributed by atoms with E-state index < -0.39 is 11.4 Å². The Bertz CT molecular complexity index is 857. The van der Waals surface area contributed by atoms with Gasteiger partial charge in [0.1, 0.15) is 23.6 Å². The number of carbonyl (C=O) groups excluding carboxylic acids is 1. The third-order valence-corrected chi connectivity index (χ3v) is 4.69. The van der Waals surface area contributed by atoms with Gasteiger partial charge in [-0.25, -0.2) is 4.39 Å². The van der Waals surface area contributed by atoms with E-state index in [-0.39, 0.29) is 24.9 Å². The van der Waals surface area contributed by atoms with Crippen LogP contribution in [0.5, 0.6) is 17.2 Å². The van der Waals surface area contributed by atoms with Crippen molar-refractivity contribution >= 4 is 21.8 Å². The normalized spacial score (nSPS) is 21.5. The van der Waals surface area contributed by atoms with E-state index in [1.54, 1.807) is 31.4 Å². The van der Waals surface area contributed by atoms with E-state index in [9.17, 15) is 9.18 Å². The topological polar surface area (TPSA) is 56.8 Å². The maximum absolute atomic E-state index is 14.5. The second-order valence-corrected chi connectivity index (χ2v) is 6.59. The van der Waals surface area contributed by atoms with Crippen LogP contribution in [0, 0.1) is 5.82 Å². The van der Waals surface area contributed by atoms with Gasteiger partial charge in [0.2, 0.25) is 5.91 Å². The predicted octanol–water partition coefficient (Wildman–Crippen LogP) is 3.09. The van der Waals surface area contributed by atoms with Crippen molar-refractivity contribution in [3.8, 4) is 17.2 Å². The zero-order valence-corrected chi connectivity index (χ0v) is 14.3. The van der Waals surface area contributed by atoms with Crippen molar-refractivity contribution in [2.75, 3.05) is 20.3 Å². The summed E-state index contributed by atoms with van der Waals surface area (Å²) < 4.78 is 31.6. The SMILES string of the molecule is COc1ccc2c(c1)C1(COCC(=O)N1)c1cc(Br)cc(F)c1O2. The molecule has 0 radical (unpaired) electrons. The van der Waals surface area contributed by atoms with Crippen LogP contribution in [0.25, 0.3) is 0 Å². The first-order valence-corrected chi connectivity index (χ1v) is 8.07. The minimum Gasteiger partial charge on any atom is -0.497 e. The Labute approximate surface area is 145 Å². The standard InChI is InChI=1S/C17H13BrFNO4/c1-22-10-2-3-14-11(6-10)17(8-23-7-15(21)20-17)12-4-9(18)5-13(19)16(12)24-14/h2-6H,7-8H2,1H3,(H,20,21). The number of hydrogen-bond acceptors (Lipinski definition) is 4. The zero-order chi connectivity index (χ0) is 16.9. The van der Waals surface area contributed by atoms with Crippen molar-refractivity contribution in [2.24, 2.45) is 0 Å². The van der Waals surface area contributed by atoms with Gasteiger partial charge in [0.25, 0.3) is 0 Å². The van der Waals surface area contributed by atoms with E-state index >= 15 is 0 Å². The average molecular weight is 394 g/mol. The summed E-state index contributed by atoms with van der Waals surface area (Å²) in [6.07, 6.45) is 0. The number of methoxy groups -OCH3 is 1. The minimum atomic E-state index is -1.03. The van der Waals surface area contributed by atoms with E-state index in [0.717, 1.165) is 0 Å². The molecule has 1 amide bonds. The molecule has 0 saturated carbocycles. The van der Waals surface area contributed by atoms with Gasteiger partial charge in [0.05, 0.1) is 13.7 Å². The lowest BCUT2D eigenvalue weighted by atomic mass is 9.79. The van der Waals surface area contributed by atoms with Crippen molar-refractivity contribution in [2.45, 2.75) is 5.54 Å². The summed E-state index contributed by atoms with van der Waals surface area (Å²) in [6, 6.07) is 8.25. The van der Waals surface area contributed by atoms with Crippen molar-refractivity contribution < 1.29 is 23.4 Å². The molecule has 2 aromatic carbocycles. The molecule has 1 atom stereocenters. The molecule has 1 spiro atoms. The van der Waals surface area contributed by atoms with Crippen LogP contribution in [0.4, 0.5) is 4.39 Å². The monoisotopic (exact) mass is 393 g/mol. The summed E-state index contributed by atoms with van der Waals surface area (Å²) in [4.78, 5) is 12.1. The Morgan fingerprint density at radius 3 is 2.88 bits per heavy atom. The molecule has 0 aliphatic carbocycles. The van der Waals surface area contributed by atoms with Gasteiger partial charge in [-0.3, -0.25) is 4.79 Å². The highest BCUT2D eigenvalue weighted by Gasteiger charge is 2.47. The molecule has 1 saturated heterocycles. The van der Waals surface area contributed by atoms with E-state index in [2.05, 4.69) is 21.2 Å². The average Bonchev–Trinajstić information content (AvgIpc) is 2.56. The first-order chi connectivity index (χ1) is 11.5. The van der Waals surface area contributed by atoms with Crippen LogP contribution in [0.1, 0.15) is 11.1 Å². The molecule has 2 heterocycles.